The predicted octanol–water partition coefficient (Wildman–Crippen LogP) is 5.77. The second-order valence-electron chi connectivity index (χ2n) is 8.19. The molecule has 0 bridgehead atoms. The third kappa shape index (κ3) is 7.49. The van der Waals surface area contributed by atoms with Crippen molar-refractivity contribution < 1.29 is 20.1 Å². The summed E-state index contributed by atoms with van der Waals surface area (Å²) in [6.07, 6.45) is 7.51. The van der Waals surface area contributed by atoms with E-state index in [0.29, 0.717) is 6.61 Å². The molecule has 4 nitrogen and oxygen atoms in total. The van der Waals surface area contributed by atoms with Crippen LogP contribution >= 0.6 is 0 Å². The third-order valence-corrected chi connectivity index (χ3v) is 6.06. The van der Waals surface area contributed by atoms with Gasteiger partial charge in [0.05, 0.1) is 18.8 Å². The van der Waals surface area contributed by atoms with Crippen LogP contribution in [0.15, 0.2) is 48.5 Å². The molecule has 0 atom stereocenters. The molecule has 0 aliphatic rings. The van der Waals surface area contributed by atoms with Crippen molar-refractivity contribution in [1.82, 2.24) is 0 Å². The van der Waals surface area contributed by atoms with Crippen molar-refractivity contribution in [2.45, 2.75) is 84.7 Å². The van der Waals surface area contributed by atoms with Crippen molar-refractivity contribution in [2.24, 2.45) is 0 Å². The molecule has 2 aromatic carbocycles. The lowest BCUT2D eigenvalue weighted by atomic mass is 9.90. The molecule has 2 rings (SSSR count). The molecule has 0 fully saturated rings. The van der Waals surface area contributed by atoms with Crippen LogP contribution in [-0.2, 0) is 19.8 Å². The molecule has 0 spiro atoms. The molecule has 31 heavy (non-hydrogen) atoms. The van der Waals surface area contributed by atoms with Gasteiger partial charge in [0.25, 0.3) is 0 Å². The summed E-state index contributed by atoms with van der Waals surface area (Å²) < 4.78 is 6.02. The van der Waals surface area contributed by atoms with Crippen molar-refractivity contribution in [3.8, 4) is 5.75 Å². The maximum atomic E-state index is 10.6. The van der Waals surface area contributed by atoms with Crippen molar-refractivity contribution in [2.75, 3.05) is 0 Å². The normalized spacial score (nSPS) is 12.3. The van der Waals surface area contributed by atoms with Crippen LogP contribution in [0, 0.1) is 0 Å². The summed E-state index contributed by atoms with van der Waals surface area (Å²) in [5, 5.41) is 29.4. The maximum absolute atomic E-state index is 10.6. The third-order valence-electron chi connectivity index (χ3n) is 6.06. The largest absolute Gasteiger partial charge is 0.489 e. The monoisotopic (exact) mass is 426 g/mol. The van der Waals surface area contributed by atoms with E-state index in [9.17, 15) is 15.3 Å². The summed E-state index contributed by atoms with van der Waals surface area (Å²) in [5.74, 6) is 0.801. The van der Waals surface area contributed by atoms with E-state index in [1.807, 2.05) is 44.2 Å². The Bertz CT molecular complexity index is 837. The Morgan fingerprint density at radius 3 is 2.35 bits per heavy atom. The lowest BCUT2D eigenvalue weighted by Gasteiger charge is -2.24. The number of benzene rings is 2. The first-order valence-electron chi connectivity index (χ1n) is 11.5. The number of rotatable bonds is 13. The van der Waals surface area contributed by atoms with Crippen LogP contribution in [0.3, 0.4) is 0 Å². The molecule has 0 saturated carbocycles. The van der Waals surface area contributed by atoms with Gasteiger partial charge in [-0.15, -0.1) is 0 Å². The molecule has 0 saturated heterocycles. The number of aliphatic hydroxyl groups is 3. The Labute approximate surface area is 187 Å². The highest BCUT2D eigenvalue weighted by Gasteiger charge is 2.20. The zero-order valence-electron chi connectivity index (χ0n) is 19.2. The topological polar surface area (TPSA) is 69.9 Å². The molecule has 0 amide bonds. The fourth-order valence-corrected chi connectivity index (χ4v) is 3.77. The quantitative estimate of drug-likeness (QED) is 0.380. The summed E-state index contributed by atoms with van der Waals surface area (Å²) in [6.45, 7) is 6.48. The number of hydrogen-bond donors (Lipinski definition) is 3. The average molecular weight is 427 g/mol. The molecule has 0 heterocycles. The molecular formula is C27H38O4. The highest BCUT2D eigenvalue weighted by Crippen LogP contribution is 2.27. The Morgan fingerprint density at radius 2 is 1.71 bits per heavy atom. The number of hydrogen-bond acceptors (Lipinski definition) is 4. The van der Waals surface area contributed by atoms with Crippen LogP contribution in [0.4, 0.5) is 0 Å². The lowest BCUT2D eigenvalue weighted by Crippen LogP contribution is -2.25. The minimum absolute atomic E-state index is 0.0838. The van der Waals surface area contributed by atoms with E-state index in [1.165, 1.54) is 5.57 Å². The van der Waals surface area contributed by atoms with Crippen LogP contribution < -0.4 is 4.74 Å². The van der Waals surface area contributed by atoms with Gasteiger partial charge in [0.2, 0.25) is 0 Å². The standard InChI is InChI=1S/C27H38O4/c1-4-9-22(11-8-15-27(30,5-2)6-3)23-10-7-12-26(17-23)31-20-21-13-14-24(18-28)25(16-21)19-29/h7,10-14,16-17,28-30H,4-6,8-9,15,18-20H2,1-3H3/b22-11+. The van der Waals surface area contributed by atoms with Gasteiger partial charge in [-0.1, -0.05) is 57.5 Å². The molecule has 0 aliphatic heterocycles. The Morgan fingerprint density at radius 1 is 0.968 bits per heavy atom. The average Bonchev–Trinajstić information content (AvgIpc) is 2.82. The number of allylic oxidation sites excluding steroid dienone is 2. The molecule has 0 aliphatic carbocycles. The zero-order valence-corrected chi connectivity index (χ0v) is 19.2. The molecule has 4 heteroatoms. The van der Waals surface area contributed by atoms with Crippen molar-refractivity contribution in [3.05, 3.63) is 70.8 Å². The molecule has 3 N–H and O–H groups in total. The maximum Gasteiger partial charge on any atom is 0.120 e. The van der Waals surface area contributed by atoms with Crippen LogP contribution in [0.2, 0.25) is 0 Å². The summed E-state index contributed by atoms with van der Waals surface area (Å²) >= 11 is 0. The molecule has 0 aromatic heterocycles. The zero-order chi connectivity index (χ0) is 22.7. The van der Waals surface area contributed by atoms with Crippen molar-refractivity contribution in [1.29, 1.82) is 0 Å². The van der Waals surface area contributed by atoms with Crippen LogP contribution in [-0.4, -0.2) is 20.9 Å². The fraction of sp³-hybridized carbons (Fsp3) is 0.481. The molecular weight excluding hydrogens is 388 g/mol. The SMILES string of the molecule is CCC/C(=C\CCC(O)(CC)CC)c1cccc(OCc2ccc(CO)c(CO)c2)c1. The highest BCUT2D eigenvalue weighted by atomic mass is 16.5. The van der Waals surface area contributed by atoms with Gasteiger partial charge in [-0.2, -0.15) is 0 Å². The summed E-state index contributed by atoms with van der Waals surface area (Å²) in [7, 11) is 0. The Balaban J connectivity index is 2.10. The Hall–Kier alpha value is -2.14. The van der Waals surface area contributed by atoms with Crippen LogP contribution in [0.25, 0.3) is 5.57 Å². The van der Waals surface area contributed by atoms with Crippen molar-refractivity contribution >= 4 is 5.57 Å². The van der Waals surface area contributed by atoms with Crippen LogP contribution in [0.1, 0.15) is 81.5 Å². The van der Waals surface area contributed by atoms with E-state index in [-0.39, 0.29) is 13.2 Å². The summed E-state index contributed by atoms with van der Waals surface area (Å²) in [4.78, 5) is 0. The van der Waals surface area contributed by atoms with Crippen molar-refractivity contribution in [3.63, 3.8) is 0 Å². The molecule has 0 radical (unpaired) electrons. The van der Waals surface area contributed by atoms with Gasteiger partial charge in [-0.05, 0) is 78.1 Å². The van der Waals surface area contributed by atoms with E-state index in [1.54, 1.807) is 0 Å². The Kier molecular flexibility index (Phi) is 10.3. The highest BCUT2D eigenvalue weighted by molar-refractivity contribution is 5.66. The molecule has 170 valence electrons. The van der Waals surface area contributed by atoms with Gasteiger partial charge in [0.15, 0.2) is 0 Å². The van der Waals surface area contributed by atoms with Gasteiger partial charge in [-0.3, -0.25) is 0 Å². The van der Waals surface area contributed by atoms with Gasteiger partial charge in [0, 0.05) is 0 Å². The smallest absolute Gasteiger partial charge is 0.120 e. The minimum atomic E-state index is -0.572. The first kappa shape index (κ1) is 25.1. The van der Waals surface area contributed by atoms with Gasteiger partial charge in [-0.25, -0.2) is 0 Å². The summed E-state index contributed by atoms with van der Waals surface area (Å²) in [6, 6.07) is 13.8. The second kappa shape index (κ2) is 12.7. The molecule has 0 unspecified atom stereocenters. The van der Waals surface area contributed by atoms with E-state index in [4.69, 9.17) is 4.74 Å². The summed E-state index contributed by atoms with van der Waals surface area (Å²) in [5.41, 5.74) is 4.29. The first-order chi connectivity index (χ1) is 15.0. The van der Waals surface area contributed by atoms with E-state index < -0.39 is 5.60 Å². The predicted molar refractivity (Wildman–Crippen MR) is 127 cm³/mol. The number of ether oxygens (including phenoxy) is 1. The lowest BCUT2D eigenvalue weighted by molar-refractivity contribution is 0.0246. The van der Waals surface area contributed by atoms with Gasteiger partial charge in [0.1, 0.15) is 12.4 Å². The second-order valence-corrected chi connectivity index (χ2v) is 8.19. The van der Waals surface area contributed by atoms with Gasteiger partial charge >= 0.3 is 0 Å². The van der Waals surface area contributed by atoms with E-state index in [2.05, 4.69) is 25.1 Å². The fourth-order valence-electron chi connectivity index (χ4n) is 3.77. The van der Waals surface area contributed by atoms with Gasteiger partial charge < -0.3 is 20.1 Å². The van der Waals surface area contributed by atoms with Crippen LogP contribution in [0.5, 0.6) is 5.75 Å². The molecule has 2 aromatic rings. The minimum Gasteiger partial charge on any atom is -0.489 e. The van der Waals surface area contributed by atoms with E-state index in [0.717, 1.165) is 66.5 Å². The first-order valence-corrected chi connectivity index (χ1v) is 11.5. The van der Waals surface area contributed by atoms with E-state index >= 15 is 0 Å². The number of aliphatic hydroxyl groups excluding tert-OH is 2.